The van der Waals surface area contributed by atoms with Crippen LogP contribution in [0.2, 0.25) is 0 Å². The number of benzene rings is 3. The van der Waals surface area contributed by atoms with E-state index < -0.39 is 9.84 Å². The summed E-state index contributed by atoms with van der Waals surface area (Å²) in [5, 5.41) is 0. The van der Waals surface area contributed by atoms with Crippen molar-refractivity contribution in [2.75, 3.05) is 34.2 Å². The highest BCUT2D eigenvalue weighted by Crippen LogP contribution is 2.47. The van der Waals surface area contributed by atoms with Crippen molar-refractivity contribution in [1.82, 2.24) is 0 Å². The van der Waals surface area contributed by atoms with Crippen LogP contribution in [0.5, 0.6) is 23.0 Å². The van der Waals surface area contributed by atoms with Gasteiger partial charge in [0.15, 0.2) is 21.3 Å². The van der Waals surface area contributed by atoms with Crippen LogP contribution < -0.4 is 18.9 Å². The van der Waals surface area contributed by atoms with E-state index in [1.54, 1.807) is 27.4 Å². The number of sulfone groups is 1. The fourth-order valence-electron chi connectivity index (χ4n) is 4.87. The molecule has 0 radical (unpaired) electrons. The Morgan fingerprint density at radius 3 is 1.97 bits per heavy atom. The predicted molar refractivity (Wildman–Crippen MR) is 146 cm³/mol. The first-order valence-electron chi connectivity index (χ1n) is 12.8. The largest absolute Gasteiger partial charge is 0.493 e. The first kappa shape index (κ1) is 27.8. The van der Waals surface area contributed by atoms with Crippen molar-refractivity contribution in [3.63, 3.8) is 0 Å². The van der Waals surface area contributed by atoms with Gasteiger partial charge in [0.05, 0.1) is 40.1 Å². The summed E-state index contributed by atoms with van der Waals surface area (Å²) in [6.07, 6.45) is 3.59. The third kappa shape index (κ3) is 6.08. The average molecular weight is 541 g/mol. The first-order valence-corrected chi connectivity index (χ1v) is 14.7. The highest BCUT2D eigenvalue weighted by molar-refractivity contribution is 7.90. The molecule has 0 amide bonds. The molecule has 8 heteroatoms. The van der Waals surface area contributed by atoms with Crippen molar-refractivity contribution < 1.29 is 32.1 Å². The van der Waals surface area contributed by atoms with Gasteiger partial charge in [-0.25, -0.2) is 8.42 Å². The summed E-state index contributed by atoms with van der Waals surface area (Å²) in [5.74, 6) is 2.09. The van der Waals surface area contributed by atoms with E-state index in [4.69, 9.17) is 23.7 Å². The molecule has 1 heterocycles. The van der Waals surface area contributed by atoms with Crippen LogP contribution in [-0.2, 0) is 21.0 Å². The summed E-state index contributed by atoms with van der Waals surface area (Å²) in [5.41, 5.74) is 3.66. The van der Waals surface area contributed by atoms with Crippen molar-refractivity contribution in [3.8, 4) is 23.0 Å². The molecule has 3 aromatic carbocycles. The zero-order chi connectivity index (χ0) is 27.3. The summed E-state index contributed by atoms with van der Waals surface area (Å²) < 4.78 is 54.9. The molecule has 1 aliphatic rings. The van der Waals surface area contributed by atoms with Gasteiger partial charge in [0.25, 0.3) is 0 Å². The molecule has 1 aliphatic heterocycles. The minimum Gasteiger partial charge on any atom is -0.493 e. The van der Waals surface area contributed by atoms with Gasteiger partial charge in [-0.05, 0) is 60.2 Å². The second-order valence-corrected chi connectivity index (χ2v) is 11.4. The van der Waals surface area contributed by atoms with Crippen LogP contribution in [0.25, 0.3) is 0 Å². The SMILES string of the molecule is CCCOc1c(Cc2ccccc2)cc([C@@H]2CC[C@@H](c3cc(OC)c(OC)c(OC)c3)O2)cc1S(C)(=O)=O. The van der Waals surface area contributed by atoms with Gasteiger partial charge < -0.3 is 23.7 Å². The second-order valence-electron chi connectivity index (χ2n) is 9.44. The van der Waals surface area contributed by atoms with E-state index in [2.05, 4.69) is 0 Å². The minimum atomic E-state index is -3.55. The third-order valence-electron chi connectivity index (χ3n) is 6.69. The summed E-state index contributed by atoms with van der Waals surface area (Å²) in [6, 6.07) is 17.5. The van der Waals surface area contributed by atoms with Gasteiger partial charge in [-0.2, -0.15) is 0 Å². The lowest BCUT2D eigenvalue weighted by Gasteiger charge is -2.21. The molecule has 0 aromatic heterocycles. The normalized spacial score (nSPS) is 17.3. The van der Waals surface area contributed by atoms with Crippen molar-refractivity contribution in [3.05, 3.63) is 76.9 Å². The first-order chi connectivity index (χ1) is 18.3. The van der Waals surface area contributed by atoms with Gasteiger partial charge in [0.2, 0.25) is 5.75 Å². The number of ether oxygens (including phenoxy) is 5. The smallest absolute Gasteiger partial charge is 0.203 e. The zero-order valence-electron chi connectivity index (χ0n) is 22.7. The Bertz CT molecular complexity index is 1330. The molecular weight excluding hydrogens is 504 g/mol. The zero-order valence-corrected chi connectivity index (χ0v) is 23.5. The highest BCUT2D eigenvalue weighted by atomic mass is 32.2. The van der Waals surface area contributed by atoms with E-state index in [0.717, 1.165) is 41.5 Å². The Kier molecular flexibility index (Phi) is 8.84. The molecule has 4 rings (SSSR count). The minimum absolute atomic E-state index is 0.203. The summed E-state index contributed by atoms with van der Waals surface area (Å²) in [7, 11) is 1.19. The average Bonchev–Trinajstić information content (AvgIpc) is 3.41. The quantitative estimate of drug-likeness (QED) is 0.291. The van der Waals surface area contributed by atoms with E-state index in [-0.39, 0.29) is 17.1 Å². The maximum absolute atomic E-state index is 12.9. The van der Waals surface area contributed by atoms with E-state index in [1.165, 1.54) is 6.26 Å². The van der Waals surface area contributed by atoms with E-state index >= 15 is 0 Å². The van der Waals surface area contributed by atoms with Gasteiger partial charge in [-0.1, -0.05) is 37.3 Å². The lowest BCUT2D eigenvalue weighted by atomic mass is 9.98. The van der Waals surface area contributed by atoms with Gasteiger partial charge >= 0.3 is 0 Å². The highest BCUT2D eigenvalue weighted by Gasteiger charge is 2.31. The van der Waals surface area contributed by atoms with Gasteiger partial charge in [0, 0.05) is 18.2 Å². The summed E-state index contributed by atoms with van der Waals surface area (Å²) >= 11 is 0. The van der Waals surface area contributed by atoms with Gasteiger partial charge in [-0.15, -0.1) is 0 Å². The van der Waals surface area contributed by atoms with Gasteiger partial charge in [-0.3, -0.25) is 0 Å². The van der Waals surface area contributed by atoms with Gasteiger partial charge in [0.1, 0.15) is 10.6 Å². The molecule has 0 unspecified atom stereocenters. The molecule has 38 heavy (non-hydrogen) atoms. The van der Waals surface area contributed by atoms with E-state index in [1.807, 2.05) is 55.5 Å². The van der Waals surface area contributed by atoms with E-state index in [0.29, 0.717) is 36.0 Å². The Morgan fingerprint density at radius 1 is 0.842 bits per heavy atom. The molecule has 204 valence electrons. The van der Waals surface area contributed by atoms with Crippen molar-refractivity contribution >= 4 is 9.84 Å². The van der Waals surface area contributed by atoms with Crippen LogP contribution in [0.15, 0.2) is 59.5 Å². The van der Waals surface area contributed by atoms with Crippen molar-refractivity contribution in [2.24, 2.45) is 0 Å². The predicted octanol–water partition coefficient (Wildman–Crippen LogP) is 6.09. The Labute approximate surface area is 225 Å². The van der Waals surface area contributed by atoms with Crippen LogP contribution in [0.3, 0.4) is 0 Å². The Balaban J connectivity index is 1.72. The van der Waals surface area contributed by atoms with Crippen molar-refractivity contribution in [2.45, 2.75) is 49.7 Å². The summed E-state index contributed by atoms with van der Waals surface area (Å²) in [6.45, 7) is 2.44. The van der Waals surface area contributed by atoms with Crippen LogP contribution in [0.4, 0.5) is 0 Å². The fourth-order valence-corrected chi connectivity index (χ4v) is 5.75. The topological polar surface area (TPSA) is 80.3 Å². The molecule has 7 nitrogen and oxygen atoms in total. The fraction of sp³-hybridized carbons (Fsp3) is 0.400. The number of hydrogen-bond acceptors (Lipinski definition) is 7. The number of hydrogen-bond donors (Lipinski definition) is 0. The number of rotatable bonds is 11. The maximum atomic E-state index is 12.9. The molecule has 1 fully saturated rings. The summed E-state index contributed by atoms with van der Waals surface area (Å²) in [4.78, 5) is 0.203. The standard InChI is InChI=1S/C30H36O7S/c1-6-14-36-29-23(15-20-10-8-7-9-11-20)16-21(19-28(29)38(5,31)32)24-12-13-25(37-24)22-17-26(33-2)30(35-4)27(18-22)34-3/h7-11,16-19,24-25H,6,12-15H2,1-5H3/t24-,25-/m0/s1. The lowest BCUT2D eigenvalue weighted by molar-refractivity contribution is 0.0436. The molecule has 0 saturated carbocycles. The van der Waals surface area contributed by atoms with Crippen LogP contribution in [0.1, 0.15) is 60.6 Å². The second kappa shape index (κ2) is 12.1. The third-order valence-corrected chi connectivity index (χ3v) is 7.79. The molecule has 0 bridgehead atoms. The molecule has 0 spiro atoms. The van der Waals surface area contributed by atoms with Crippen LogP contribution in [-0.4, -0.2) is 42.6 Å². The molecule has 2 atom stereocenters. The van der Waals surface area contributed by atoms with Crippen molar-refractivity contribution in [1.29, 1.82) is 0 Å². The van der Waals surface area contributed by atoms with Crippen LogP contribution in [0, 0.1) is 0 Å². The monoisotopic (exact) mass is 540 g/mol. The Hall–Kier alpha value is -3.23. The van der Waals surface area contributed by atoms with E-state index in [9.17, 15) is 8.42 Å². The molecular formula is C30H36O7S. The number of methoxy groups -OCH3 is 3. The molecule has 3 aromatic rings. The maximum Gasteiger partial charge on any atom is 0.203 e. The molecule has 1 saturated heterocycles. The Morgan fingerprint density at radius 2 is 1.45 bits per heavy atom. The molecule has 0 aliphatic carbocycles. The molecule has 0 N–H and O–H groups in total. The lowest BCUT2D eigenvalue weighted by Crippen LogP contribution is -2.10. The van der Waals surface area contributed by atoms with Crippen LogP contribution >= 0.6 is 0 Å².